The molecule has 0 saturated carbocycles. The standard InChI is InChI=1S/C26H36O12S2/c1-31-19-11-15-9-17(13-37-39(7,27)28)18(14-38-40(8,29)30)10-16-12-20(32-2)24(34-4)26(36-6)22(16)21(15)25(35-5)23(19)33-3/h11-12,17-18H,9-10,13-14H2,1-8H3/t17-,18-/m0/s1. The molecule has 0 unspecified atom stereocenters. The molecule has 2 aromatic carbocycles. The molecule has 0 bridgehead atoms. The van der Waals surface area contributed by atoms with Crippen LogP contribution < -0.4 is 28.4 Å². The van der Waals surface area contributed by atoms with Crippen molar-refractivity contribution >= 4 is 20.2 Å². The lowest BCUT2D eigenvalue weighted by Gasteiger charge is -2.33. The van der Waals surface area contributed by atoms with Gasteiger partial charge in [-0.15, -0.1) is 0 Å². The molecule has 2 atom stereocenters. The molecular weight excluding hydrogens is 568 g/mol. The fourth-order valence-corrected chi connectivity index (χ4v) is 5.84. The summed E-state index contributed by atoms with van der Waals surface area (Å²) in [5.41, 5.74) is 2.60. The molecule has 0 spiro atoms. The van der Waals surface area contributed by atoms with Crippen LogP contribution in [0.1, 0.15) is 11.1 Å². The topological polar surface area (TPSA) is 142 Å². The van der Waals surface area contributed by atoms with Crippen LogP contribution >= 0.6 is 0 Å². The van der Waals surface area contributed by atoms with Crippen LogP contribution in [0.25, 0.3) is 11.1 Å². The lowest BCUT2D eigenvalue weighted by molar-refractivity contribution is 0.146. The predicted octanol–water partition coefficient (Wildman–Crippen LogP) is 2.69. The van der Waals surface area contributed by atoms with Crippen molar-refractivity contribution in [1.82, 2.24) is 0 Å². The van der Waals surface area contributed by atoms with E-state index >= 15 is 0 Å². The van der Waals surface area contributed by atoms with E-state index in [-0.39, 0.29) is 26.1 Å². The Morgan fingerprint density at radius 1 is 0.575 bits per heavy atom. The second-order valence-electron chi connectivity index (χ2n) is 9.26. The molecule has 1 aliphatic carbocycles. The molecule has 0 amide bonds. The highest BCUT2D eigenvalue weighted by Gasteiger charge is 2.36. The van der Waals surface area contributed by atoms with E-state index in [0.717, 1.165) is 12.5 Å². The van der Waals surface area contributed by atoms with Gasteiger partial charge >= 0.3 is 0 Å². The number of hydrogen-bond donors (Lipinski definition) is 0. The van der Waals surface area contributed by atoms with Gasteiger partial charge in [0.2, 0.25) is 11.5 Å². The monoisotopic (exact) mass is 604 g/mol. The summed E-state index contributed by atoms with van der Waals surface area (Å²) in [6.45, 7) is -0.432. The Balaban J connectivity index is 2.44. The number of rotatable bonds is 12. The minimum atomic E-state index is -3.80. The highest BCUT2D eigenvalue weighted by Crippen LogP contribution is 2.55. The van der Waals surface area contributed by atoms with Crippen molar-refractivity contribution in [3.63, 3.8) is 0 Å². The zero-order chi connectivity index (χ0) is 29.8. The van der Waals surface area contributed by atoms with E-state index in [1.807, 2.05) is 0 Å². The maximum atomic E-state index is 12.0. The Bertz CT molecular complexity index is 1330. The first kappa shape index (κ1) is 31.6. The van der Waals surface area contributed by atoms with Crippen molar-refractivity contribution < 1.29 is 53.6 Å². The van der Waals surface area contributed by atoms with E-state index in [1.165, 1.54) is 42.7 Å². The number of benzene rings is 2. The maximum absolute atomic E-state index is 12.0. The van der Waals surface area contributed by atoms with E-state index < -0.39 is 32.1 Å². The van der Waals surface area contributed by atoms with Crippen LogP contribution in [-0.4, -0.2) is 85.2 Å². The quantitative estimate of drug-likeness (QED) is 0.329. The second-order valence-corrected chi connectivity index (χ2v) is 12.6. The fraction of sp³-hybridized carbons (Fsp3) is 0.538. The summed E-state index contributed by atoms with van der Waals surface area (Å²) >= 11 is 0. The molecule has 0 heterocycles. The maximum Gasteiger partial charge on any atom is 0.264 e. The first-order valence-electron chi connectivity index (χ1n) is 12.1. The van der Waals surface area contributed by atoms with Crippen molar-refractivity contribution in [1.29, 1.82) is 0 Å². The summed E-state index contributed by atoms with van der Waals surface area (Å²) in [4.78, 5) is 0. The van der Waals surface area contributed by atoms with Crippen molar-refractivity contribution in [3.8, 4) is 45.6 Å². The predicted molar refractivity (Wildman–Crippen MR) is 147 cm³/mol. The molecule has 0 aromatic heterocycles. The van der Waals surface area contributed by atoms with Gasteiger partial charge in [0.1, 0.15) is 0 Å². The van der Waals surface area contributed by atoms with E-state index in [0.29, 0.717) is 56.8 Å². The molecule has 1 aliphatic rings. The van der Waals surface area contributed by atoms with Crippen LogP contribution in [0.2, 0.25) is 0 Å². The Kier molecular flexibility index (Phi) is 10.0. The highest BCUT2D eigenvalue weighted by atomic mass is 32.2. The Morgan fingerprint density at radius 2 is 0.900 bits per heavy atom. The third-order valence-corrected chi connectivity index (χ3v) is 7.83. The normalized spacial score (nSPS) is 17.1. The third kappa shape index (κ3) is 6.85. The highest BCUT2D eigenvalue weighted by molar-refractivity contribution is 7.86. The molecule has 0 fully saturated rings. The SMILES string of the molecule is COc1cc2c(c(OC)c1OC)-c1c(cc(OC)c(OC)c1OC)C[C@@H](COS(C)(=O)=O)[C@H](COS(C)(=O)=O)C2. The lowest BCUT2D eigenvalue weighted by atomic mass is 9.76. The fourth-order valence-electron chi connectivity index (χ4n) is 4.99. The smallest absolute Gasteiger partial charge is 0.264 e. The summed E-state index contributed by atoms with van der Waals surface area (Å²) in [7, 11) is 1.35. The van der Waals surface area contributed by atoms with Gasteiger partial charge < -0.3 is 28.4 Å². The van der Waals surface area contributed by atoms with Crippen LogP contribution in [0.5, 0.6) is 34.5 Å². The van der Waals surface area contributed by atoms with Gasteiger partial charge in [0.15, 0.2) is 23.0 Å². The van der Waals surface area contributed by atoms with Crippen molar-refractivity contribution in [2.45, 2.75) is 12.8 Å². The average Bonchev–Trinajstić information content (AvgIpc) is 2.89. The molecule has 40 heavy (non-hydrogen) atoms. The van der Waals surface area contributed by atoms with Crippen LogP contribution in [0, 0.1) is 11.8 Å². The molecule has 224 valence electrons. The van der Waals surface area contributed by atoms with Gasteiger partial charge in [-0.3, -0.25) is 8.37 Å². The van der Waals surface area contributed by atoms with Crippen molar-refractivity contribution in [2.24, 2.45) is 11.8 Å². The van der Waals surface area contributed by atoms with E-state index in [9.17, 15) is 16.8 Å². The van der Waals surface area contributed by atoms with Gasteiger partial charge in [0.25, 0.3) is 20.2 Å². The summed E-state index contributed by atoms with van der Waals surface area (Å²) in [5, 5.41) is 0. The first-order chi connectivity index (χ1) is 18.8. The van der Waals surface area contributed by atoms with Gasteiger partial charge in [-0.05, 0) is 47.9 Å². The van der Waals surface area contributed by atoms with Crippen LogP contribution in [0.15, 0.2) is 12.1 Å². The van der Waals surface area contributed by atoms with Crippen molar-refractivity contribution in [2.75, 3.05) is 68.4 Å². The van der Waals surface area contributed by atoms with E-state index in [4.69, 9.17) is 36.8 Å². The molecular formula is C26H36O12S2. The summed E-state index contributed by atoms with van der Waals surface area (Å²) in [6, 6.07) is 3.54. The summed E-state index contributed by atoms with van der Waals surface area (Å²) in [6.07, 6.45) is 2.41. The molecule has 0 radical (unpaired) electrons. The van der Waals surface area contributed by atoms with Crippen molar-refractivity contribution in [3.05, 3.63) is 23.3 Å². The minimum Gasteiger partial charge on any atom is -0.493 e. The second kappa shape index (κ2) is 12.7. The first-order valence-corrected chi connectivity index (χ1v) is 15.8. The molecule has 0 N–H and O–H groups in total. The molecule has 0 aliphatic heterocycles. The average molecular weight is 605 g/mol. The van der Waals surface area contributed by atoms with Crippen LogP contribution in [-0.2, 0) is 41.4 Å². The van der Waals surface area contributed by atoms with E-state index in [2.05, 4.69) is 0 Å². The number of ether oxygens (including phenoxy) is 6. The van der Waals surface area contributed by atoms with E-state index in [1.54, 1.807) is 12.1 Å². The van der Waals surface area contributed by atoms with Gasteiger partial charge in [0, 0.05) is 11.1 Å². The largest absolute Gasteiger partial charge is 0.493 e. The zero-order valence-electron chi connectivity index (χ0n) is 23.9. The Labute approximate surface area is 235 Å². The minimum absolute atomic E-state index is 0.216. The van der Waals surface area contributed by atoms with Gasteiger partial charge in [-0.2, -0.15) is 16.8 Å². The van der Waals surface area contributed by atoms with Gasteiger partial charge in [-0.25, -0.2) is 0 Å². The molecule has 0 saturated heterocycles. The summed E-state index contributed by atoms with van der Waals surface area (Å²) in [5.74, 6) is 1.14. The molecule has 3 rings (SSSR count). The third-order valence-electron chi connectivity index (χ3n) is 6.70. The van der Waals surface area contributed by atoms with Gasteiger partial charge in [0.05, 0.1) is 68.4 Å². The Hall–Kier alpha value is -2.94. The lowest BCUT2D eigenvalue weighted by Crippen LogP contribution is -2.31. The number of hydrogen-bond acceptors (Lipinski definition) is 12. The molecule has 2 aromatic rings. The number of methoxy groups -OCH3 is 6. The van der Waals surface area contributed by atoms with Gasteiger partial charge in [-0.1, -0.05) is 0 Å². The zero-order valence-corrected chi connectivity index (χ0v) is 25.5. The van der Waals surface area contributed by atoms with Crippen LogP contribution in [0.4, 0.5) is 0 Å². The molecule has 14 heteroatoms. The summed E-state index contributed by atoms with van der Waals surface area (Å²) < 4.78 is 92.6. The van der Waals surface area contributed by atoms with Crippen LogP contribution in [0.3, 0.4) is 0 Å². The Morgan fingerprint density at radius 3 is 1.15 bits per heavy atom. The number of fused-ring (bicyclic) bond motifs is 3. The molecule has 12 nitrogen and oxygen atoms in total.